The molecule has 3 rings (SSSR count). The minimum Gasteiger partial charge on any atom is -0.450 e. The largest absolute Gasteiger partial charge is 0.450 e. The number of rotatable bonds is 6. The number of hydrogen-bond acceptors (Lipinski definition) is 6. The van der Waals surface area contributed by atoms with Crippen molar-refractivity contribution in [3.05, 3.63) is 69.8 Å². The average molecular weight is 440 g/mol. The van der Waals surface area contributed by atoms with Gasteiger partial charge >= 0.3 is 6.09 Å². The molecule has 10 heteroatoms. The van der Waals surface area contributed by atoms with Crippen LogP contribution in [0.4, 0.5) is 16.2 Å². The Morgan fingerprint density at radius 2 is 1.62 bits per heavy atom. The van der Waals surface area contributed by atoms with Gasteiger partial charge in [-0.1, -0.05) is 30.3 Å². The number of amides is 3. The molecule has 1 aliphatic rings. The first kappa shape index (κ1) is 22.7. The number of para-hydroxylation sites is 2. The van der Waals surface area contributed by atoms with Crippen LogP contribution in [-0.2, 0) is 16.0 Å². The number of anilines is 1. The Balaban J connectivity index is 1.67. The number of benzene rings is 2. The summed E-state index contributed by atoms with van der Waals surface area (Å²) in [5.41, 5.74) is 0.794. The summed E-state index contributed by atoms with van der Waals surface area (Å²) in [6, 6.07) is 12.6. The van der Waals surface area contributed by atoms with E-state index in [9.17, 15) is 24.5 Å². The molecule has 2 aromatic carbocycles. The highest BCUT2D eigenvalue weighted by Gasteiger charge is 2.27. The second kappa shape index (κ2) is 10.4. The van der Waals surface area contributed by atoms with E-state index < -0.39 is 16.9 Å². The van der Waals surface area contributed by atoms with E-state index in [-0.39, 0.29) is 30.2 Å². The molecule has 0 unspecified atom stereocenters. The molecule has 168 valence electrons. The number of nitrogens with zero attached hydrogens (tertiary/aromatic N) is 3. The average Bonchev–Trinajstić information content (AvgIpc) is 2.79. The standard InChI is InChI=1S/C22H24N4O6/c1-2-32-22(29)25-13-11-24(12-14-25)21(28)17-8-4-5-9-18(17)23-20(27)15-16-7-3-6-10-19(16)26(30)31/h3-10H,2,11-15H2,1H3,(H,23,27). The lowest BCUT2D eigenvalue weighted by molar-refractivity contribution is -0.385. The number of hydrogen-bond donors (Lipinski definition) is 1. The molecule has 0 bridgehead atoms. The van der Waals surface area contributed by atoms with E-state index in [0.717, 1.165) is 0 Å². The van der Waals surface area contributed by atoms with Gasteiger partial charge in [0.2, 0.25) is 5.91 Å². The predicted octanol–water partition coefficient (Wildman–Crippen LogP) is 2.69. The second-order valence-corrected chi connectivity index (χ2v) is 7.13. The number of nitrogens with one attached hydrogen (secondary N) is 1. The molecule has 32 heavy (non-hydrogen) atoms. The molecule has 0 saturated carbocycles. The first-order valence-corrected chi connectivity index (χ1v) is 10.2. The molecule has 1 aliphatic heterocycles. The zero-order valence-corrected chi connectivity index (χ0v) is 17.7. The maximum Gasteiger partial charge on any atom is 0.409 e. The molecule has 3 amide bonds. The van der Waals surface area contributed by atoms with Gasteiger partial charge in [-0.2, -0.15) is 0 Å². The van der Waals surface area contributed by atoms with E-state index >= 15 is 0 Å². The van der Waals surface area contributed by atoms with Crippen LogP contribution in [0.15, 0.2) is 48.5 Å². The fourth-order valence-electron chi connectivity index (χ4n) is 3.46. The number of carbonyl (C=O) groups excluding carboxylic acids is 3. The molecule has 2 aromatic rings. The molecular weight excluding hydrogens is 416 g/mol. The van der Waals surface area contributed by atoms with Gasteiger partial charge in [0.25, 0.3) is 11.6 Å². The monoisotopic (exact) mass is 440 g/mol. The molecular formula is C22H24N4O6. The van der Waals surface area contributed by atoms with Crippen LogP contribution in [0.1, 0.15) is 22.8 Å². The maximum atomic E-state index is 13.1. The lowest BCUT2D eigenvalue weighted by Gasteiger charge is -2.34. The van der Waals surface area contributed by atoms with Gasteiger partial charge in [-0.25, -0.2) is 4.79 Å². The molecule has 0 aromatic heterocycles. The normalized spacial score (nSPS) is 13.4. The Morgan fingerprint density at radius 3 is 2.31 bits per heavy atom. The smallest absolute Gasteiger partial charge is 0.409 e. The molecule has 0 spiro atoms. The van der Waals surface area contributed by atoms with Gasteiger partial charge in [-0.3, -0.25) is 19.7 Å². The summed E-state index contributed by atoms with van der Waals surface area (Å²) >= 11 is 0. The SMILES string of the molecule is CCOC(=O)N1CCN(C(=O)c2ccccc2NC(=O)Cc2ccccc2[N+](=O)[O-])CC1. The first-order chi connectivity index (χ1) is 15.4. The van der Waals surface area contributed by atoms with Crippen molar-refractivity contribution in [3.63, 3.8) is 0 Å². The maximum absolute atomic E-state index is 13.1. The molecule has 10 nitrogen and oxygen atoms in total. The molecule has 0 aliphatic carbocycles. The summed E-state index contributed by atoms with van der Waals surface area (Å²) in [4.78, 5) is 51.3. The third-order valence-electron chi connectivity index (χ3n) is 5.06. The molecule has 0 radical (unpaired) electrons. The lowest BCUT2D eigenvalue weighted by atomic mass is 10.1. The molecule has 1 fully saturated rings. The molecule has 1 N–H and O–H groups in total. The Labute approximate surface area is 184 Å². The fraction of sp³-hybridized carbons (Fsp3) is 0.318. The fourth-order valence-corrected chi connectivity index (χ4v) is 3.46. The lowest BCUT2D eigenvalue weighted by Crippen LogP contribution is -2.50. The Kier molecular flexibility index (Phi) is 7.37. The van der Waals surface area contributed by atoms with Crippen molar-refractivity contribution in [2.24, 2.45) is 0 Å². The number of nitro benzene ring substituents is 1. The third kappa shape index (κ3) is 5.39. The van der Waals surface area contributed by atoms with Gasteiger partial charge in [0.1, 0.15) is 0 Å². The van der Waals surface area contributed by atoms with Crippen molar-refractivity contribution in [1.29, 1.82) is 0 Å². The van der Waals surface area contributed by atoms with Gasteiger partial charge in [0.15, 0.2) is 0 Å². The van der Waals surface area contributed by atoms with E-state index in [2.05, 4.69) is 5.32 Å². The van der Waals surface area contributed by atoms with Crippen molar-refractivity contribution >= 4 is 29.3 Å². The van der Waals surface area contributed by atoms with Gasteiger partial charge in [0.05, 0.1) is 29.2 Å². The van der Waals surface area contributed by atoms with Crippen molar-refractivity contribution in [2.45, 2.75) is 13.3 Å². The zero-order chi connectivity index (χ0) is 23.1. The number of carbonyl (C=O) groups is 3. The van der Waals surface area contributed by atoms with Crippen molar-refractivity contribution in [3.8, 4) is 0 Å². The molecule has 1 heterocycles. The highest BCUT2D eigenvalue weighted by molar-refractivity contribution is 6.04. The number of piperazine rings is 1. The van der Waals surface area contributed by atoms with E-state index in [1.165, 1.54) is 18.2 Å². The molecule has 0 atom stereocenters. The van der Waals surface area contributed by atoms with Crippen LogP contribution in [0.25, 0.3) is 0 Å². The van der Waals surface area contributed by atoms with E-state index in [4.69, 9.17) is 4.74 Å². The van der Waals surface area contributed by atoms with Gasteiger partial charge in [-0.05, 0) is 19.1 Å². The topological polar surface area (TPSA) is 122 Å². The predicted molar refractivity (Wildman–Crippen MR) is 116 cm³/mol. The summed E-state index contributed by atoms with van der Waals surface area (Å²) in [7, 11) is 0. The number of nitro groups is 1. The van der Waals surface area contributed by atoms with E-state index in [1.807, 2.05) is 0 Å². The van der Waals surface area contributed by atoms with Gasteiger partial charge in [-0.15, -0.1) is 0 Å². The van der Waals surface area contributed by atoms with E-state index in [1.54, 1.807) is 47.1 Å². The second-order valence-electron chi connectivity index (χ2n) is 7.13. The summed E-state index contributed by atoms with van der Waals surface area (Å²) in [6.45, 7) is 3.43. The highest BCUT2D eigenvalue weighted by Crippen LogP contribution is 2.21. The van der Waals surface area contributed by atoms with Crippen molar-refractivity contribution in [2.75, 3.05) is 38.1 Å². The van der Waals surface area contributed by atoms with Crippen LogP contribution < -0.4 is 5.32 Å². The summed E-state index contributed by atoms with van der Waals surface area (Å²) in [5.74, 6) is -0.734. The van der Waals surface area contributed by atoms with Crippen LogP contribution in [0.3, 0.4) is 0 Å². The summed E-state index contributed by atoms with van der Waals surface area (Å²) in [5, 5.41) is 13.9. The summed E-state index contributed by atoms with van der Waals surface area (Å²) in [6.07, 6.45) is -0.597. The highest BCUT2D eigenvalue weighted by atomic mass is 16.6. The zero-order valence-electron chi connectivity index (χ0n) is 17.7. The quantitative estimate of drug-likeness (QED) is 0.544. The minimum atomic E-state index is -0.532. The Hall–Kier alpha value is -3.95. The van der Waals surface area contributed by atoms with Crippen LogP contribution in [-0.4, -0.2) is 65.4 Å². The minimum absolute atomic E-state index is 0.133. The van der Waals surface area contributed by atoms with E-state index in [0.29, 0.717) is 37.4 Å². The summed E-state index contributed by atoms with van der Waals surface area (Å²) < 4.78 is 4.99. The Bertz CT molecular complexity index is 1020. The third-order valence-corrected chi connectivity index (χ3v) is 5.06. The Morgan fingerprint density at radius 1 is 1.00 bits per heavy atom. The molecule has 1 saturated heterocycles. The van der Waals surface area contributed by atoms with Crippen LogP contribution in [0.5, 0.6) is 0 Å². The van der Waals surface area contributed by atoms with Crippen LogP contribution in [0, 0.1) is 10.1 Å². The van der Waals surface area contributed by atoms with Crippen LogP contribution in [0.2, 0.25) is 0 Å². The van der Waals surface area contributed by atoms with Crippen molar-refractivity contribution < 1.29 is 24.0 Å². The van der Waals surface area contributed by atoms with Gasteiger partial charge in [0, 0.05) is 37.8 Å². The first-order valence-electron chi connectivity index (χ1n) is 10.2. The van der Waals surface area contributed by atoms with Gasteiger partial charge < -0.3 is 19.9 Å². The van der Waals surface area contributed by atoms with Crippen LogP contribution >= 0.6 is 0 Å². The number of ether oxygens (including phenoxy) is 1. The van der Waals surface area contributed by atoms with Crippen molar-refractivity contribution in [1.82, 2.24) is 9.80 Å².